The fourth-order valence-electron chi connectivity index (χ4n) is 1.97. The van der Waals surface area contributed by atoms with Crippen LogP contribution in [0.2, 0.25) is 0 Å². The lowest BCUT2D eigenvalue weighted by Gasteiger charge is -2.04. The maximum atomic E-state index is 9.68. The number of H-pyrrole nitrogens is 1. The van der Waals surface area contributed by atoms with Gasteiger partial charge < -0.3 is 10.1 Å². The molecule has 5 nitrogen and oxygen atoms in total. The number of hydrogen-bond acceptors (Lipinski definition) is 3. The van der Waals surface area contributed by atoms with E-state index in [-0.39, 0.29) is 0 Å². The second-order valence-electron chi connectivity index (χ2n) is 4.02. The smallest absolute Gasteiger partial charge is 0.123 e. The third-order valence-corrected chi connectivity index (χ3v) is 2.86. The highest BCUT2D eigenvalue weighted by atomic mass is 16.3. The first-order valence-electron chi connectivity index (χ1n) is 5.40. The molecule has 3 rings (SSSR count). The molecule has 17 heavy (non-hydrogen) atoms. The summed E-state index contributed by atoms with van der Waals surface area (Å²) in [4.78, 5) is 3.14. The van der Waals surface area contributed by atoms with Crippen LogP contribution in [-0.2, 0) is 0 Å². The van der Waals surface area contributed by atoms with Gasteiger partial charge in [-0.25, -0.2) is 0 Å². The molecule has 0 amide bonds. The van der Waals surface area contributed by atoms with E-state index >= 15 is 0 Å². The highest BCUT2D eigenvalue weighted by Crippen LogP contribution is 2.25. The van der Waals surface area contributed by atoms with Crippen molar-refractivity contribution in [1.29, 1.82) is 0 Å². The van der Waals surface area contributed by atoms with Gasteiger partial charge in [-0.2, -0.15) is 0 Å². The van der Waals surface area contributed by atoms with Crippen molar-refractivity contribution in [3.8, 4) is 5.69 Å². The number of hydrogen-bond donors (Lipinski definition) is 2. The minimum atomic E-state index is -0.486. The molecule has 1 atom stereocenters. The third-order valence-electron chi connectivity index (χ3n) is 2.86. The first-order chi connectivity index (χ1) is 8.25. The SMILES string of the molecule is CC(O)c1c[nH]c2ccc(-n3cnnc3)cc12. The molecule has 3 aromatic rings. The first-order valence-corrected chi connectivity index (χ1v) is 5.40. The van der Waals surface area contributed by atoms with Gasteiger partial charge in [-0.3, -0.25) is 4.57 Å². The van der Waals surface area contributed by atoms with Crippen LogP contribution < -0.4 is 0 Å². The zero-order chi connectivity index (χ0) is 11.8. The van der Waals surface area contributed by atoms with Crippen LogP contribution in [0.25, 0.3) is 16.6 Å². The molecular weight excluding hydrogens is 216 g/mol. The molecule has 0 spiro atoms. The van der Waals surface area contributed by atoms with Gasteiger partial charge in [0, 0.05) is 28.4 Å². The van der Waals surface area contributed by atoms with E-state index in [1.807, 2.05) is 29.0 Å². The quantitative estimate of drug-likeness (QED) is 0.702. The fraction of sp³-hybridized carbons (Fsp3) is 0.167. The molecule has 0 aliphatic carbocycles. The molecule has 86 valence electrons. The predicted molar refractivity (Wildman–Crippen MR) is 63.8 cm³/mol. The highest BCUT2D eigenvalue weighted by molar-refractivity contribution is 5.85. The van der Waals surface area contributed by atoms with Crippen LogP contribution in [0.4, 0.5) is 0 Å². The lowest BCUT2D eigenvalue weighted by molar-refractivity contribution is 0.201. The zero-order valence-corrected chi connectivity index (χ0v) is 9.33. The Kier molecular flexibility index (Phi) is 2.19. The van der Waals surface area contributed by atoms with Gasteiger partial charge in [-0.05, 0) is 25.1 Å². The number of nitrogens with one attached hydrogen (secondary N) is 1. The highest BCUT2D eigenvalue weighted by Gasteiger charge is 2.09. The molecule has 2 heterocycles. The summed E-state index contributed by atoms with van der Waals surface area (Å²) in [7, 11) is 0. The predicted octanol–water partition coefficient (Wildman–Crippen LogP) is 1.80. The van der Waals surface area contributed by atoms with Crippen LogP contribution in [0.15, 0.2) is 37.1 Å². The second-order valence-corrected chi connectivity index (χ2v) is 4.02. The maximum Gasteiger partial charge on any atom is 0.123 e. The van der Waals surface area contributed by atoms with E-state index < -0.39 is 6.10 Å². The molecule has 0 radical (unpaired) electrons. The summed E-state index contributed by atoms with van der Waals surface area (Å²) in [5.74, 6) is 0. The molecule has 1 unspecified atom stereocenters. The standard InChI is InChI=1S/C12H12N4O/c1-8(17)11-5-13-12-3-2-9(4-10(11)12)16-6-14-15-7-16/h2-8,13,17H,1H3. The molecule has 0 aliphatic rings. The van der Waals surface area contributed by atoms with Crippen molar-refractivity contribution in [3.63, 3.8) is 0 Å². The molecule has 0 bridgehead atoms. The van der Waals surface area contributed by atoms with Crippen LogP contribution in [0.5, 0.6) is 0 Å². The van der Waals surface area contributed by atoms with Crippen molar-refractivity contribution in [2.24, 2.45) is 0 Å². The summed E-state index contributed by atoms with van der Waals surface area (Å²) >= 11 is 0. The Morgan fingerprint density at radius 2 is 2.06 bits per heavy atom. The van der Waals surface area contributed by atoms with Crippen molar-refractivity contribution in [2.75, 3.05) is 0 Å². The Labute approximate surface area is 97.7 Å². The molecule has 0 saturated heterocycles. The van der Waals surface area contributed by atoms with Gasteiger partial charge in [0.05, 0.1) is 6.10 Å². The van der Waals surface area contributed by atoms with E-state index in [1.165, 1.54) is 0 Å². The van der Waals surface area contributed by atoms with Crippen molar-refractivity contribution in [2.45, 2.75) is 13.0 Å². The average Bonchev–Trinajstić information content (AvgIpc) is 2.97. The number of aliphatic hydroxyl groups excluding tert-OH is 1. The summed E-state index contributed by atoms with van der Waals surface area (Å²) in [6.45, 7) is 1.76. The summed E-state index contributed by atoms with van der Waals surface area (Å²) in [6, 6.07) is 5.97. The number of fused-ring (bicyclic) bond motifs is 1. The van der Waals surface area contributed by atoms with Gasteiger partial charge in [0.25, 0.3) is 0 Å². The van der Waals surface area contributed by atoms with Gasteiger partial charge in [-0.1, -0.05) is 0 Å². The average molecular weight is 228 g/mol. The number of benzene rings is 1. The van der Waals surface area contributed by atoms with E-state index in [9.17, 15) is 5.11 Å². The van der Waals surface area contributed by atoms with E-state index in [4.69, 9.17) is 0 Å². The molecule has 5 heteroatoms. The minimum absolute atomic E-state index is 0.486. The molecule has 2 N–H and O–H groups in total. The Bertz CT molecular complexity index is 640. The number of nitrogens with zero attached hydrogens (tertiary/aromatic N) is 3. The van der Waals surface area contributed by atoms with E-state index in [0.717, 1.165) is 22.2 Å². The normalized spacial score (nSPS) is 13.1. The van der Waals surface area contributed by atoms with Gasteiger partial charge >= 0.3 is 0 Å². The van der Waals surface area contributed by atoms with Crippen LogP contribution in [-0.4, -0.2) is 24.9 Å². The Morgan fingerprint density at radius 3 is 2.76 bits per heavy atom. The van der Waals surface area contributed by atoms with Crippen LogP contribution in [0.1, 0.15) is 18.6 Å². The van der Waals surface area contributed by atoms with Gasteiger partial charge in [-0.15, -0.1) is 10.2 Å². The van der Waals surface area contributed by atoms with Crippen LogP contribution in [0, 0.1) is 0 Å². The van der Waals surface area contributed by atoms with E-state index in [1.54, 1.807) is 19.6 Å². The van der Waals surface area contributed by atoms with E-state index in [2.05, 4.69) is 15.2 Å². The lowest BCUT2D eigenvalue weighted by Crippen LogP contribution is -1.91. The van der Waals surface area contributed by atoms with Crippen molar-refractivity contribution in [1.82, 2.24) is 19.7 Å². The summed E-state index contributed by atoms with van der Waals surface area (Å²) in [5.41, 5.74) is 2.89. The number of aromatic amines is 1. The fourth-order valence-corrected chi connectivity index (χ4v) is 1.97. The molecule has 0 fully saturated rings. The number of aliphatic hydroxyl groups is 1. The molecule has 1 aromatic carbocycles. The third kappa shape index (κ3) is 1.60. The van der Waals surface area contributed by atoms with Gasteiger partial charge in [0.2, 0.25) is 0 Å². The monoisotopic (exact) mass is 228 g/mol. The van der Waals surface area contributed by atoms with Crippen molar-refractivity contribution >= 4 is 10.9 Å². The minimum Gasteiger partial charge on any atom is -0.389 e. The van der Waals surface area contributed by atoms with Gasteiger partial charge in [0.1, 0.15) is 12.7 Å². The van der Waals surface area contributed by atoms with Crippen molar-refractivity contribution < 1.29 is 5.11 Å². The van der Waals surface area contributed by atoms with Crippen molar-refractivity contribution in [3.05, 3.63) is 42.6 Å². The Balaban J connectivity index is 2.20. The largest absolute Gasteiger partial charge is 0.389 e. The second kappa shape index (κ2) is 3.71. The van der Waals surface area contributed by atoms with Gasteiger partial charge in [0.15, 0.2) is 0 Å². The number of aromatic nitrogens is 4. The maximum absolute atomic E-state index is 9.68. The summed E-state index contributed by atoms with van der Waals surface area (Å²) in [6.07, 6.45) is 4.65. The topological polar surface area (TPSA) is 66.7 Å². The van der Waals surface area contributed by atoms with E-state index in [0.29, 0.717) is 0 Å². The molecular formula is C12H12N4O. The Hall–Kier alpha value is -2.14. The summed E-state index contributed by atoms with van der Waals surface area (Å²) in [5, 5.41) is 18.3. The summed E-state index contributed by atoms with van der Waals surface area (Å²) < 4.78 is 1.83. The van der Waals surface area contributed by atoms with Crippen LogP contribution in [0.3, 0.4) is 0 Å². The Morgan fingerprint density at radius 1 is 1.29 bits per heavy atom. The number of rotatable bonds is 2. The first kappa shape index (κ1) is 10.0. The molecule has 2 aromatic heterocycles. The molecule has 0 aliphatic heterocycles. The van der Waals surface area contributed by atoms with Crippen LogP contribution >= 0.6 is 0 Å². The molecule has 0 saturated carbocycles. The lowest BCUT2D eigenvalue weighted by atomic mass is 10.1. The zero-order valence-electron chi connectivity index (χ0n) is 9.33.